The number of H-pyrrole nitrogens is 1. The average molecular weight is 342 g/mol. The number of nitrogens with one attached hydrogen (secondary N) is 1. The lowest BCUT2D eigenvalue weighted by molar-refractivity contribution is -0.132. The molecule has 1 amide bonds. The molecule has 1 aromatic carbocycles. The Labute approximate surface area is 147 Å². The highest BCUT2D eigenvalue weighted by Crippen LogP contribution is 2.22. The Hall–Kier alpha value is -2.21. The number of likely N-dealkylation sites (tertiary alicyclic amines) is 1. The maximum atomic E-state index is 12.5. The van der Waals surface area contributed by atoms with Crippen LogP contribution in [0.5, 0.6) is 0 Å². The minimum Gasteiger partial charge on any atom is -0.338 e. The highest BCUT2D eigenvalue weighted by atomic mass is 16.2. The first kappa shape index (κ1) is 17.6. The van der Waals surface area contributed by atoms with Crippen molar-refractivity contribution in [3.05, 3.63) is 40.4 Å². The molecule has 0 saturated carbocycles. The van der Waals surface area contributed by atoms with Gasteiger partial charge in [-0.15, -0.1) is 0 Å². The fourth-order valence-electron chi connectivity index (χ4n) is 3.77. The van der Waals surface area contributed by atoms with E-state index in [4.69, 9.17) is 0 Å². The molecule has 1 aromatic heterocycles. The first-order valence-electron chi connectivity index (χ1n) is 8.91. The summed E-state index contributed by atoms with van der Waals surface area (Å²) in [5.41, 5.74) is 0.587. The third-order valence-corrected chi connectivity index (χ3v) is 5.16. The fourth-order valence-corrected chi connectivity index (χ4v) is 3.77. The zero-order valence-electron chi connectivity index (χ0n) is 15.2. The van der Waals surface area contributed by atoms with Gasteiger partial charge in [-0.3, -0.25) is 9.59 Å². The van der Waals surface area contributed by atoms with E-state index < -0.39 is 0 Å². The Bertz CT molecular complexity index is 814. The highest BCUT2D eigenvalue weighted by molar-refractivity contribution is 5.77. The number of likely N-dealkylation sites (N-methyl/N-ethyl adjacent to an activating group) is 1. The van der Waals surface area contributed by atoms with Crippen LogP contribution in [0.3, 0.4) is 0 Å². The standard InChI is InChI=1S/C19H26N4O2/c1-13-16(22(2)3)11-12-23(13)18(24)10-6-9-17-20-15-8-5-4-7-14(15)19(25)21-17/h4-5,7-8,13,16H,6,9-12H2,1-3H3,(H,20,21,25). The van der Waals surface area contributed by atoms with Gasteiger partial charge in [0.15, 0.2) is 0 Å². The summed E-state index contributed by atoms with van der Waals surface area (Å²) < 4.78 is 0. The predicted octanol–water partition coefficient (Wildman–Crippen LogP) is 1.80. The van der Waals surface area contributed by atoms with E-state index in [9.17, 15) is 9.59 Å². The number of aromatic amines is 1. The number of rotatable bonds is 5. The number of nitrogens with zero attached hydrogens (tertiary/aromatic N) is 3. The molecule has 25 heavy (non-hydrogen) atoms. The van der Waals surface area contributed by atoms with Crippen molar-refractivity contribution in [3.63, 3.8) is 0 Å². The van der Waals surface area contributed by atoms with Gasteiger partial charge >= 0.3 is 0 Å². The molecule has 6 heteroatoms. The van der Waals surface area contributed by atoms with E-state index in [-0.39, 0.29) is 17.5 Å². The molecule has 2 atom stereocenters. The molecule has 1 saturated heterocycles. The van der Waals surface area contributed by atoms with E-state index in [2.05, 4.69) is 35.9 Å². The summed E-state index contributed by atoms with van der Waals surface area (Å²) in [5.74, 6) is 0.845. The van der Waals surface area contributed by atoms with Crippen molar-refractivity contribution in [2.24, 2.45) is 0 Å². The smallest absolute Gasteiger partial charge is 0.258 e. The Morgan fingerprint density at radius 3 is 2.84 bits per heavy atom. The molecule has 2 unspecified atom stereocenters. The van der Waals surface area contributed by atoms with Gasteiger partial charge < -0.3 is 14.8 Å². The lowest BCUT2D eigenvalue weighted by atomic mass is 10.1. The van der Waals surface area contributed by atoms with Gasteiger partial charge in [-0.05, 0) is 46.0 Å². The van der Waals surface area contributed by atoms with E-state index in [1.54, 1.807) is 6.07 Å². The number of hydrogen-bond acceptors (Lipinski definition) is 4. The lowest BCUT2D eigenvalue weighted by Crippen LogP contribution is -2.42. The Kier molecular flexibility index (Phi) is 5.18. The monoisotopic (exact) mass is 342 g/mol. The number of carbonyl (C=O) groups is 1. The fraction of sp³-hybridized carbons (Fsp3) is 0.526. The summed E-state index contributed by atoms with van der Waals surface area (Å²) in [4.78, 5) is 36.1. The van der Waals surface area contributed by atoms with Gasteiger partial charge in [-0.25, -0.2) is 4.98 Å². The van der Waals surface area contributed by atoms with E-state index >= 15 is 0 Å². The first-order chi connectivity index (χ1) is 12.0. The number of aryl methyl sites for hydroxylation is 1. The van der Waals surface area contributed by atoms with Crippen molar-refractivity contribution in [3.8, 4) is 0 Å². The van der Waals surface area contributed by atoms with Crippen molar-refractivity contribution in [2.75, 3.05) is 20.6 Å². The van der Waals surface area contributed by atoms with Crippen LogP contribution < -0.4 is 5.56 Å². The molecule has 0 aliphatic carbocycles. The van der Waals surface area contributed by atoms with E-state index in [0.717, 1.165) is 13.0 Å². The number of hydrogen-bond donors (Lipinski definition) is 1. The number of fused-ring (bicyclic) bond motifs is 1. The minimum absolute atomic E-state index is 0.117. The third-order valence-electron chi connectivity index (χ3n) is 5.16. The van der Waals surface area contributed by atoms with Crippen LogP contribution >= 0.6 is 0 Å². The number of carbonyl (C=O) groups excluding carboxylic acids is 1. The van der Waals surface area contributed by atoms with Gasteiger partial charge in [0.2, 0.25) is 5.91 Å². The normalized spacial score (nSPS) is 20.6. The maximum absolute atomic E-state index is 12.5. The molecule has 1 aliphatic heterocycles. The number of aromatic nitrogens is 2. The maximum Gasteiger partial charge on any atom is 0.258 e. The lowest BCUT2D eigenvalue weighted by Gasteiger charge is -2.28. The van der Waals surface area contributed by atoms with Crippen LogP contribution in [-0.2, 0) is 11.2 Å². The second-order valence-electron chi connectivity index (χ2n) is 7.03. The molecule has 1 aliphatic rings. The molecule has 6 nitrogen and oxygen atoms in total. The molecule has 0 radical (unpaired) electrons. The average Bonchev–Trinajstić information content (AvgIpc) is 2.97. The summed E-state index contributed by atoms with van der Waals surface area (Å²) in [7, 11) is 4.13. The number of amides is 1. The van der Waals surface area contributed by atoms with Crippen LogP contribution in [0.1, 0.15) is 32.0 Å². The quantitative estimate of drug-likeness (QED) is 0.899. The summed E-state index contributed by atoms with van der Waals surface area (Å²) in [6.07, 6.45) is 2.81. The summed E-state index contributed by atoms with van der Waals surface area (Å²) in [6.45, 7) is 2.95. The van der Waals surface area contributed by atoms with Gasteiger partial charge in [0.05, 0.1) is 10.9 Å². The molecule has 2 heterocycles. The Morgan fingerprint density at radius 2 is 2.12 bits per heavy atom. The topological polar surface area (TPSA) is 69.3 Å². The summed E-state index contributed by atoms with van der Waals surface area (Å²) in [5, 5.41) is 0.600. The van der Waals surface area contributed by atoms with Gasteiger partial charge in [-0.1, -0.05) is 12.1 Å². The second kappa shape index (κ2) is 7.35. The van der Waals surface area contributed by atoms with Crippen LogP contribution in [0.2, 0.25) is 0 Å². The van der Waals surface area contributed by atoms with Gasteiger partial charge in [-0.2, -0.15) is 0 Å². The van der Waals surface area contributed by atoms with Crippen LogP contribution in [0, 0.1) is 0 Å². The highest BCUT2D eigenvalue weighted by Gasteiger charge is 2.34. The molecule has 1 fully saturated rings. The van der Waals surface area contributed by atoms with Crippen LogP contribution in [-0.4, -0.2) is 58.4 Å². The molecular weight excluding hydrogens is 316 g/mol. The molecule has 3 rings (SSSR count). The summed E-state index contributed by atoms with van der Waals surface area (Å²) >= 11 is 0. The second-order valence-corrected chi connectivity index (χ2v) is 7.03. The Morgan fingerprint density at radius 1 is 1.36 bits per heavy atom. The van der Waals surface area contributed by atoms with Gasteiger partial charge in [0.1, 0.15) is 5.82 Å². The molecule has 134 valence electrons. The van der Waals surface area contributed by atoms with Crippen molar-refractivity contribution in [2.45, 2.75) is 44.7 Å². The van der Waals surface area contributed by atoms with E-state index in [1.165, 1.54) is 0 Å². The zero-order valence-corrected chi connectivity index (χ0v) is 15.2. The zero-order chi connectivity index (χ0) is 18.0. The van der Waals surface area contributed by atoms with Crippen molar-refractivity contribution in [1.82, 2.24) is 19.8 Å². The van der Waals surface area contributed by atoms with Gasteiger partial charge in [0, 0.05) is 31.5 Å². The van der Waals surface area contributed by atoms with Crippen molar-refractivity contribution >= 4 is 16.8 Å². The minimum atomic E-state index is -0.117. The van der Waals surface area contributed by atoms with Crippen molar-refractivity contribution in [1.29, 1.82) is 0 Å². The molecule has 0 spiro atoms. The molecular formula is C19H26N4O2. The predicted molar refractivity (Wildman–Crippen MR) is 98.6 cm³/mol. The van der Waals surface area contributed by atoms with E-state index in [1.807, 2.05) is 23.1 Å². The molecule has 0 bridgehead atoms. The molecule has 2 aromatic rings. The number of benzene rings is 1. The SMILES string of the molecule is CC1C(N(C)C)CCN1C(=O)CCCc1nc2ccccc2c(=O)[nH]1. The third kappa shape index (κ3) is 3.74. The van der Waals surface area contributed by atoms with Crippen molar-refractivity contribution < 1.29 is 4.79 Å². The Balaban J connectivity index is 1.58. The first-order valence-corrected chi connectivity index (χ1v) is 8.91. The van der Waals surface area contributed by atoms with E-state index in [0.29, 0.717) is 42.0 Å². The van der Waals surface area contributed by atoms with Gasteiger partial charge in [0.25, 0.3) is 5.56 Å². The van der Waals surface area contributed by atoms with Crippen LogP contribution in [0.4, 0.5) is 0 Å². The number of para-hydroxylation sites is 1. The largest absolute Gasteiger partial charge is 0.338 e. The van der Waals surface area contributed by atoms with Crippen LogP contribution in [0.25, 0.3) is 10.9 Å². The summed E-state index contributed by atoms with van der Waals surface area (Å²) in [6, 6.07) is 7.99. The van der Waals surface area contributed by atoms with Crippen LogP contribution in [0.15, 0.2) is 29.1 Å². The molecule has 1 N–H and O–H groups in total.